The van der Waals surface area contributed by atoms with E-state index in [2.05, 4.69) is 5.10 Å². The quantitative estimate of drug-likeness (QED) is 0.710. The van der Waals surface area contributed by atoms with Crippen molar-refractivity contribution in [1.29, 1.82) is 0 Å². The van der Waals surface area contributed by atoms with E-state index in [4.69, 9.17) is 23.2 Å². The van der Waals surface area contributed by atoms with E-state index in [1.54, 1.807) is 24.3 Å². The van der Waals surface area contributed by atoms with Crippen LogP contribution in [0.5, 0.6) is 0 Å². The first-order valence-electron chi connectivity index (χ1n) is 8.05. The molecule has 3 rings (SSSR count). The fourth-order valence-corrected chi connectivity index (χ4v) is 3.40. The van der Waals surface area contributed by atoms with Gasteiger partial charge in [-0.3, -0.25) is 4.68 Å². The zero-order chi connectivity index (χ0) is 18.2. The van der Waals surface area contributed by atoms with Crippen LogP contribution < -0.4 is 0 Å². The number of halogens is 2. The molecule has 0 amide bonds. The molecule has 0 saturated carbocycles. The summed E-state index contributed by atoms with van der Waals surface area (Å²) >= 11 is 12.1. The van der Waals surface area contributed by atoms with Crippen molar-refractivity contribution < 1.29 is 5.11 Å². The molecule has 0 spiro atoms. The molecular weight excluding hydrogens is 355 g/mol. The van der Waals surface area contributed by atoms with Gasteiger partial charge < -0.3 is 5.11 Å². The minimum absolute atomic E-state index is 0.418. The second-order valence-corrected chi connectivity index (χ2v) is 7.20. The van der Waals surface area contributed by atoms with Crippen LogP contribution in [0.3, 0.4) is 0 Å². The van der Waals surface area contributed by atoms with Crippen molar-refractivity contribution in [3.63, 3.8) is 0 Å². The molecule has 5 heteroatoms. The van der Waals surface area contributed by atoms with Crippen molar-refractivity contribution in [1.82, 2.24) is 9.78 Å². The maximum absolute atomic E-state index is 11.7. The average Bonchev–Trinajstić information content (AvgIpc) is 2.82. The Hall–Kier alpha value is -1.81. The van der Waals surface area contributed by atoms with Gasteiger partial charge in [0.2, 0.25) is 0 Å². The highest BCUT2D eigenvalue weighted by atomic mass is 35.5. The number of hydrogen-bond donors (Lipinski definition) is 1. The third kappa shape index (κ3) is 3.45. The van der Waals surface area contributed by atoms with E-state index >= 15 is 0 Å². The SMILES string of the molecule is Cc1nn(C)c(C)c1CC(O)(c1ccc(Cl)cc1)c1ccc(Cl)cc1. The molecule has 1 aromatic heterocycles. The lowest BCUT2D eigenvalue weighted by molar-refractivity contribution is 0.0808. The van der Waals surface area contributed by atoms with Gasteiger partial charge in [-0.2, -0.15) is 5.10 Å². The van der Waals surface area contributed by atoms with Crippen molar-refractivity contribution in [3.8, 4) is 0 Å². The van der Waals surface area contributed by atoms with E-state index in [0.717, 1.165) is 28.1 Å². The van der Waals surface area contributed by atoms with Crippen molar-refractivity contribution >= 4 is 23.2 Å². The summed E-state index contributed by atoms with van der Waals surface area (Å²) in [5.74, 6) is 0. The smallest absolute Gasteiger partial charge is 0.119 e. The van der Waals surface area contributed by atoms with Gasteiger partial charge in [0, 0.05) is 29.2 Å². The molecule has 0 saturated heterocycles. The summed E-state index contributed by atoms with van der Waals surface area (Å²) in [5, 5.41) is 17.5. The molecule has 0 radical (unpaired) electrons. The van der Waals surface area contributed by atoms with Crippen LogP contribution >= 0.6 is 23.2 Å². The van der Waals surface area contributed by atoms with E-state index < -0.39 is 5.60 Å². The fraction of sp³-hybridized carbons (Fsp3) is 0.250. The molecule has 1 heterocycles. The van der Waals surface area contributed by atoms with E-state index in [-0.39, 0.29) is 0 Å². The number of aromatic nitrogens is 2. The number of aliphatic hydroxyl groups is 1. The Labute approximate surface area is 157 Å². The molecule has 3 aromatic rings. The fourth-order valence-electron chi connectivity index (χ4n) is 3.15. The zero-order valence-electron chi connectivity index (χ0n) is 14.4. The summed E-state index contributed by atoms with van der Waals surface area (Å²) in [6.45, 7) is 3.98. The Kier molecular flexibility index (Phi) is 4.92. The molecule has 0 bridgehead atoms. The maximum atomic E-state index is 11.7. The first kappa shape index (κ1) is 18.0. The summed E-state index contributed by atoms with van der Waals surface area (Å²) in [5.41, 5.74) is 3.35. The number of hydrogen-bond acceptors (Lipinski definition) is 2. The third-order valence-electron chi connectivity index (χ3n) is 4.74. The zero-order valence-corrected chi connectivity index (χ0v) is 15.9. The summed E-state index contributed by atoms with van der Waals surface area (Å²) in [7, 11) is 1.91. The second kappa shape index (κ2) is 6.83. The molecular formula is C20H20Cl2N2O. The average molecular weight is 375 g/mol. The Morgan fingerprint density at radius 1 is 0.920 bits per heavy atom. The lowest BCUT2D eigenvalue weighted by atomic mass is 9.81. The number of aryl methyl sites for hydroxylation is 2. The molecule has 130 valence electrons. The Morgan fingerprint density at radius 3 is 1.72 bits per heavy atom. The number of benzene rings is 2. The molecule has 0 aliphatic rings. The maximum Gasteiger partial charge on any atom is 0.119 e. The minimum atomic E-state index is -1.20. The number of rotatable bonds is 4. The molecule has 25 heavy (non-hydrogen) atoms. The van der Waals surface area contributed by atoms with Gasteiger partial charge in [-0.15, -0.1) is 0 Å². The van der Waals surface area contributed by atoms with Gasteiger partial charge >= 0.3 is 0 Å². The van der Waals surface area contributed by atoms with Crippen LogP contribution in [0.2, 0.25) is 10.0 Å². The summed E-state index contributed by atoms with van der Waals surface area (Å²) < 4.78 is 1.84. The van der Waals surface area contributed by atoms with Gasteiger partial charge in [-0.1, -0.05) is 47.5 Å². The minimum Gasteiger partial charge on any atom is -0.380 e. The molecule has 3 nitrogen and oxygen atoms in total. The van der Waals surface area contributed by atoms with Gasteiger partial charge in [0.15, 0.2) is 0 Å². The lowest BCUT2D eigenvalue weighted by Gasteiger charge is -2.30. The number of nitrogens with zero attached hydrogens (tertiary/aromatic N) is 2. The van der Waals surface area contributed by atoms with Crippen molar-refractivity contribution in [2.45, 2.75) is 25.9 Å². The lowest BCUT2D eigenvalue weighted by Crippen LogP contribution is -2.30. The summed E-state index contributed by atoms with van der Waals surface area (Å²) in [6, 6.07) is 14.6. The van der Waals surface area contributed by atoms with Gasteiger partial charge in [0.1, 0.15) is 5.60 Å². The second-order valence-electron chi connectivity index (χ2n) is 6.32. The van der Waals surface area contributed by atoms with E-state index in [9.17, 15) is 5.11 Å². The van der Waals surface area contributed by atoms with E-state index in [1.165, 1.54) is 0 Å². The molecule has 0 fully saturated rings. The van der Waals surface area contributed by atoms with Crippen LogP contribution in [0, 0.1) is 13.8 Å². The van der Waals surface area contributed by atoms with E-state index in [0.29, 0.717) is 16.5 Å². The Bertz CT molecular complexity index is 838. The Morgan fingerprint density at radius 2 is 1.36 bits per heavy atom. The van der Waals surface area contributed by atoms with E-state index in [1.807, 2.05) is 49.8 Å². The van der Waals surface area contributed by atoms with Gasteiger partial charge in [-0.25, -0.2) is 0 Å². The first-order valence-corrected chi connectivity index (χ1v) is 8.80. The topological polar surface area (TPSA) is 38.0 Å². The highest BCUT2D eigenvalue weighted by Gasteiger charge is 2.34. The third-order valence-corrected chi connectivity index (χ3v) is 5.24. The Balaban J connectivity index is 2.14. The predicted molar refractivity (Wildman–Crippen MR) is 102 cm³/mol. The van der Waals surface area contributed by atoms with Crippen molar-refractivity contribution in [2.75, 3.05) is 0 Å². The van der Waals surface area contributed by atoms with Crippen molar-refractivity contribution in [2.24, 2.45) is 7.05 Å². The van der Waals surface area contributed by atoms with Crippen LogP contribution in [0.1, 0.15) is 28.1 Å². The molecule has 0 atom stereocenters. The summed E-state index contributed by atoms with van der Waals surface area (Å²) in [4.78, 5) is 0. The highest BCUT2D eigenvalue weighted by Crippen LogP contribution is 2.36. The van der Waals surface area contributed by atoms with Crippen LogP contribution in [-0.2, 0) is 19.1 Å². The van der Waals surface area contributed by atoms with Crippen LogP contribution in [0.25, 0.3) is 0 Å². The molecule has 0 unspecified atom stereocenters. The molecule has 0 aliphatic heterocycles. The van der Waals surface area contributed by atoms with Gasteiger partial charge in [0.25, 0.3) is 0 Å². The van der Waals surface area contributed by atoms with Crippen LogP contribution in [-0.4, -0.2) is 14.9 Å². The van der Waals surface area contributed by atoms with Gasteiger partial charge in [0.05, 0.1) is 5.69 Å². The molecule has 2 aromatic carbocycles. The standard InChI is InChI=1S/C20H20Cl2N2O/c1-13-19(14(2)24(3)23-13)12-20(25,15-4-8-17(21)9-5-15)16-6-10-18(22)11-7-16/h4-11,25H,12H2,1-3H3. The normalized spacial score (nSPS) is 11.8. The van der Waals surface area contributed by atoms with Gasteiger partial charge in [-0.05, 0) is 54.8 Å². The molecule has 0 aliphatic carbocycles. The molecule has 1 N–H and O–H groups in total. The van der Waals surface area contributed by atoms with Crippen LogP contribution in [0.4, 0.5) is 0 Å². The summed E-state index contributed by atoms with van der Waals surface area (Å²) in [6.07, 6.45) is 0.418. The highest BCUT2D eigenvalue weighted by molar-refractivity contribution is 6.30. The largest absolute Gasteiger partial charge is 0.380 e. The van der Waals surface area contributed by atoms with Crippen molar-refractivity contribution in [3.05, 3.63) is 86.7 Å². The van der Waals surface area contributed by atoms with Crippen LogP contribution in [0.15, 0.2) is 48.5 Å². The monoisotopic (exact) mass is 374 g/mol. The predicted octanol–water partition coefficient (Wildman–Crippen LogP) is 4.82. The first-order chi connectivity index (χ1) is 11.8.